The van der Waals surface area contributed by atoms with Crippen molar-refractivity contribution in [3.05, 3.63) is 46.2 Å². The summed E-state index contributed by atoms with van der Waals surface area (Å²) < 4.78 is 0. The Labute approximate surface area is 114 Å². The van der Waals surface area contributed by atoms with Crippen LogP contribution in [0.15, 0.2) is 30.3 Å². The first kappa shape index (κ1) is 12.6. The summed E-state index contributed by atoms with van der Waals surface area (Å²) in [7, 11) is 1.80. The number of rotatable bonds is 2. The van der Waals surface area contributed by atoms with E-state index in [1.54, 1.807) is 11.9 Å². The van der Waals surface area contributed by atoms with Gasteiger partial charge in [0.25, 0.3) is 0 Å². The highest BCUT2D eigenvalue weighted by Crippen LogP contribution is 2.26. The second-order valence-corrected chi connectivity index (χ2v) is 4.20. The highest BCUT2D eigenvalue weighted by molar-refractivity contribution is 6.35. The number of hydrogen-bond acceptors (Lipinski definition) is 4. The van der Waals surface area contributed by atoms with Crippen molar-refractivity contribution in [2.45, 2.75) is 0 Å². The van der Waals surface area contributed by atoms with E-state index in [0.29, 0.717) is 5.95 Å². The molecule has 0 fully saturated rings. The smallest absolute Gasteiger partial charge is 0.232 e. The summed E-state index contributed by atoms with van der Waals surface area (Å²) in [6, 6.07) is 11.4. The predicted molar refractivity (Wildman–Crippen MR) is 71.3 cm³/mol. The predicted octanol–water partition coefficient (Wildman–Crippen LogP) is 3.42. The summed E-state index contributed by atoms with van der Waals surface area (Å²) >= 11 is 11.8. The van der Waals surface area contributed by atoms with Crippen molar-refractivity contribution in [3.63, 3.8) is 0 Å². The molecule has 18 heavy (non-hydrogen) atoms. The van der Waals surface area contributed by atoms with Crippen molar-refractivity contribution in [1.82, 2.24) is 9.97 Å². The molecular formula is C12H8Cl2N4. The molecule has 0 unspecified atom stereocenters. The van der Waals surface area contributed by atoms with Crippen molar-refractivity contribution < 1.29 is 0 Å². The first-order valence-electron chi connectivity index (χ1n) is 5.05. The minimum Gasteiger partial charge on any atom is -0.314 e. The van der Waals surface area contributed by atoms with Crippen LogP contribution in [0.25, 0.3) is 0 Å². The Bertz CT molecular complexity index is 584. The number of nitriles is 1. The standard InChI is InChI=1S/C12H8Cl2N4/c1-18(8-5-3-2-4-6-8)12-16-10(13)9(7-15)11(14)17-12/h2-6H,1H3. The van der Waals surface area contributed by atoms with Gasteiger partial charge in [0.15, 0.2) is 10.3 Å². The van der Waals surface area contributed by atoms with Crippen LogP contribution in [0, 0.1) is 11.3 Å². The van der Waals surface area contributed by atoms with Gasteiger partial charge in [-0.3, -0.25) is 0 Å². The monoisotopic (exact) mass is 278 g/mol. The zero-order chi connectivity index (χ0) is 13.1. The lowest BCUT2D eigenvalue weighted by Gasteiger charge is -2.17. The maximum absolute atomic E-state index is 8.83. The molecule has 1 aromatic heterocycles. The topological polar surface area (TPSA) is 52.8 Å². The van der Waals surface area contributed by atoms with E-state index in [1.807, 2.05) is 36.4 Å². The third-order valence-electron chi connectivity index (χ3n) is 2.36. The molecule has 0 aliphatic rings. The average molecular weight is 279 g/mol. The van der Waals surface area contributed by atoms with E-state index in [9.17, 15) is 0 Å². The van der Waals surface area contributed by atoms with E-state index < -0.39 is 0 Å². The molecule has 0 atom stereocenters. The molecule has 6 heteroatoms. The lowest BCUT2D eigenvalue weighted by Crippen LogP contribution is -2.13. The van der Waals surface area contributed by atoms with Crippen LogP contribution in [0.2, 0.25) is 10.3 Å². The van der Waals surface area contributed by atoms with E-state index in [-0.39, 0.29) is 15.9 Å². The van der Waals surface area contributed by atoms with Crippen molar-refractivity contribution in [1.29, 1.82) is 5.26 Å². The lowest BCUT2D eigenvalue weighted by molar-refractivity contribution is 1.04. The van der Waals surface area contributed by atoms with Crippen LogP contribution in [0.5, 0.6) is 0 Å². The number of hydrogen-bond donors (Lipinski definition) is 0. The minimum absolute atomic E-state index is 0.0512. The maximum Gasteiger partial charge on any atom is 0.232 e. The van der Waals surface area contributed by atoms with E-state index in [4.69, 9.17) is 28.5 Å². The van der Waals surface area contributed by atoms with Crippen LogP contribution < -0.4 is 4.90 Å². The Balaban J connectivity index is 2.45. The largest absolute Gasteiger partial charge is 0.314 e. The number of anilines is 2. The van der Waals surface area contributed by atoms with Gasteiger partial charge in [0, 0.05) is 12.7 Å². The van der Waals surface area contributed by atoms with Gasteiger partial charge in [-0.2, -0.15) is 15.2 Å². The highest BCUT2D eigenvalue weighted by Gasteiger charge is 2.14. The molecule has 90 valence electrons. The van der Waals surface area contributed by atoms with E-state index in [1.165, 1.54) is 0 Å². The summed E-state index contributed by atoms with van der Waals surface area (Å²) in [5, 5.41) is 8.94. The van der Waals surface area contributed by atoms with Gasteiger partial charge in [-0.15, -0.1) is 0 Å². The van der Waals surface area contributed by atoms with Crippen LogP contribution in [-0.2, 0) is 0 Å². The molecule has 0 bridgehead atoms. The van der Waals surface area contributed by atoms with Crippen molar-refractivity contribution >= 4 is 34.8 Å². The van der Waals surface area contributed by atoms with Gasteiger partial charge in [-0.25, -0.2) is 0 Å². The first-order chi connectivity index (χ1) is 8.63. The SMILES string of the molecule is CN(c1ccccc1)c1nc(Cl)c(C#N)c(Cl)n1. The van der Waals surface area contributed by atoms with E-state index in [2.05, 4.69) is 9.97 Å². The maximum atomic E-state index is 8.83. The Hall–Kier alpha value is -1.83. The number of nitrogens with zero attached hydrogens (tertiary/aromatic N) is 4. The fourth-order valence-corrected chi connectivity index (χ4v) is 1.87. The van der Waals surface area contributed by atoms with Gasteiger partial charge in [0.1, 0.15) is 11.6 Å². The molecule has 0 saturated heterocycles. The van der Waals surface area contributed by atoms with Crippen molar-refractivity contribution in [3.8, 4) is 6.07 Å². The molecule has 0 amide bonds. The van der Waals surface area contributed by atoms with Gasteiger partial charge in [-0.05, 0) is 12.1 Å². The summed E-state index contributed by atoms with van der Waals surface area (Å²) in [5.74, 6) is 0.343. The molecular weight excluding hydrogens is 271 g/mol. The summed E-state index contributed by atoms with van der Waals surface area (Å²) in [4.78, 5) is 9.84. The normalized spacial score (nSPS) is 9.89. The molecule has 0 N–H and O–H groups in total. The van der Waals surface area contributed by atoms with E-state index in [0.717, 1.165) is 5.69 Å². The molecule has 0 radical (unpaired) electrons. The van der Waals surface area contributed by atoms with Crippen molar-refractivity contribution in [2.24, 2.45) is 0 Å². The van der Waals surface area contributed by atoms with Gasteiger partial charge < -0.3 is 4.90 Å². The number of halogens is 2. The molecule has 2 rings (SSSR count). The van der Waals surface area contributed by atoms with Gasteiger partial charge in [0.2, 0.25) is 5.95 Å². The number of para-hydroxylation sites is 1. The van der Waals surface area contributed by atoms with Crippen LogP contribution in [0.4, 0.5) is 11.6 Å². The molecule has 1 heterocycles. The Morgan fingerprint density at radius 3 is 2.17 bits per heavy atom. The molecule has 4 nitrogen and oxygen atoms in total. The molecule has 2 aromatic rings. The van der Waals surface area contributed by atoms with Crippen LogP contribution in [0.1, 0.15) is 5.56 Å². The van der Waals surface area contributed by atoms with Gasteiger partial charge >= 0.3 is 0 Å². The minimum atomic E-state index is 0.0512. The first-order valence-corrected chi connectivity index (χ1v) is 5.81. The summed E-state index contributed by atoms with van der Waals surface area (Å²) in [5.41, 5.74) is 0.984. The Kier molecular flexibility index (Phi) is 3.66. The number of benzene rings is 1. The molecule has 0 spiro atoms. The molecule has 0 aliphatic carbocycles. The zero-order valence-corrected chi connectivity index (χ0v) is 10.9. The van der Waals surface area contributed by atoms with Crippen molar-refractivity contribution in [2.75, 3.05) is 11.9 Å². The Morgan fingerprint density at radius 2 is 1.67 bits per heavy atom. The quantitative estimate of drug-likeness (QED) is 0.790. The zero-order valence-electron chi connectivity index (χ0n) is 9.43. The third kappa shape index (κ3) is 2.37. The van der Waals surface area contributed by atoms with Gasteiger partial charge in [-0.1, -0.05) is 41.4 Å². The molecule has 1 aromatic carbocycles. The van der Waals surface area contributed by atoms with Crippen LogP contribution >= 0.6 is 23.2 Å². The van der Waals surface area contributed by atoms with E-state index >= 15 is 0 Å². The molecule has 0 aliphatic heterocycles. The average Bonchev–Trinajstić information content (AvgIpc) is 2.38. The van der Waals surface area contributed by atoms with Crippen LogP contribution in [-0.4, -0.2) is 17.0 Å². The number of aromatic nitrogens is 2. The summed E-state index contributed by atoms with van der Waals surface area (Å²) in [6.45, 7) is 0. The lowest BCUT2D eigenvalue weighted by atomic mass is 10.3. The van der Waals surface area contributed by atoms with Crippen LogP contribution in [0.3, 0.4) is 0 Å². The van der Waals surface area contributed by atoms with Gasteiger partial charge in [0.05, 0.1) is 0 Å². The Morgan fingerprint density at radius 1 is 1.11 bits per heavy atom. The second-order valence-electron chi connectivity index (χ2n) is 3.49. The fourth-order valence-electron chi connectivity index (χ4n) is 1.41. The second kappa shape index (κ2) is 5.21. The fraction of sp³-hybridized carbons (Fsp3) is 0.0833. The summed E-state index contributed by atoms with van der Waals surface area (Å²) in [6.07, 6.45) is 0. The highest BCUT2D eigenvalue weighted by atomic mass is 35.5. The molecule has 0 saturated carbocycles. The third-order valence-corrected chi connectivity index (χ3v) is 2.91.